The van der Waals surface area contributed by atoms with Gasteiger partial charge in [0, 0.05) is 13.1 Å². The Balaban J connectivity index is 2.21. The highest BCUT2D eigenvalue weighted by Gasteiger charge is 2.13. The van der Waals surface area contributed by atoms with Crippen LogP contribution in [0.15, 0.2) is 35.4 Å². The highest BCUT2D eigenvalue weighted by Crippen LogP contribution is 2.05. The molecule has 0 bridgehead atoms. The topological polar surface area (TPSA) is 55.2 Å². The number of carbonyl (C=O) groups excluding carboxylic acids is 1. The summed E-state index contributed by atoms with van der Waals surface area (Å²) < 4.78 is 1.39. The standard InChI is InChI=1S/C16H21N3O2/c1-3-5-10-18(4-2)15(20)11-19-12-17-14-9-7-6-8-13(14)16(19)21/h6-9,12H,3-5,10-11H2,1-2H3. The van der Waals surface area contributed by atoms with Crippen LogP contribution in [0.4, 0.5) is 0 Å². The fourth-order valence-electron chi connectivity index (χ4n) is 2.27. The van der Waals surface area contributed by atoms with Crippen LogP contribution < -0.4 is 5.56 Å². The molecule has 2 aromatic rings. The summed E-state index contributed by atoms with van der Waals surface area (Å²) in [6.07, 6.45) is 3.47. The zero-order chi connectivity index (χ0) is 15.2. The second-order valence-electron chi connectivity index (χ2n) is 5.02. The molecule has 1 heterocycles. The number of nitrogens with zero attached hydrogens (tertiary/aromatic N) is 3. The molecule has 0 aliphatic rings. The molecule has 0 aliphatic heterocycles. The number of rotatable bonds is 6. The van der Waals surface area contributed by atoms with Gasteiger partial charge in [-0.1, -0.05) is 25.5 Å². The quantitative estimate of drug-likeness (QED) is 0.817. The van der Waals surface area contributed by atoms with Crippen molar-refractivity contribution in [3.63, 3.8) is 0 Å². The van der Waals surface area contributed by atoms with Crippen LogP contribution in [0.1, 0.15) is 26.7 Å². The number of carbonyl (C=O) groups is 1. The van der Waals surface area contributed by atoms with Gasteiger partial charge in [-0.05, 0) is 25.5 Å². The molecule has 21 heavy (non-hydrogen) atoms. The molecule has 0 spiro atoms. The third-order valence-electron chi connectivity index (χ3n) is 3.55. The number of fused-ring (bicyclic) bond motifs is 1. The molecular formula is C16H21N3O2. The molecule has 5 nitrogen and oxygen atoms in total. The maximum Gasteiger partial charge on any atom is 0.261 e. The van der Waals surface area contributed by atoms with Crippen molar-refractivity contribution < 1.29 is 4.79 Å². The summed E-state index contributed by atoms with van der Waals surface area (Å²) in [6, 6.07) is 7.17. The summed E-state index contributed by atoms with van der Waals surface area (Å²) in [4.78, 5) is 30.6. The number of hydrogen-bond acceptors (Lipinski definition) is 3. The van der Waals surface area contributed by atoms with Gasteiger partial charge in [-0.2, -0.15) is 0 Å². The van der Waals surface area contributed by atoms with Gasteiger partial charge >= 0.3 is 0 Å². The predicted octanol–water partition coefficient (Wildman–Crippen LogP) is 2.05. The van der Waals surface area contributed by atoms with E-state index >= 15 is 0 Å². The zero-order valence-corrected chi connectivity index (χ0v) is 12.6. The van der Waals surface area contributed by atoms with Crippen LogP contribution in [0.2, 0.25) is 0 Å². The van der Waals surface area contributed by atoms with Crippen molar-refractivity contribution in [1.29, 1.82) is 0 Å². The summed E-state index contributed by atoms with van der Waals surface area (Å²) in [5.41, 5.74) is 0.491. The van der Waals surface area contributed by atoms with E-state index in [9.17, 15) is 9.59 Å². The molecule has 0 aliphatic carbocycles. The number of unbranched alkanes of at least 4 members (excludes halogenated alkanes) is 1. The average molecular weight is 287 g/mol. The van der Waals surface area contributed by atoms with Gasteiger partial charge in [-0.3, -0.25) is 14.2 Å². The number of benzene rings is 1. The van der Waals surface area contributed by atoms with Crippen molar-refractivity contribution in [2.45, 2.75) is 33.2 Å². The first kappa shape index (κ1) is 15.2. The minimum absolute atomic E-state index is 0.0369. The molecule has 5 heteroatoms. The molecule has 0 unspecified atom stereocenters. The normalized spacial score (nSPS) is 10.8. The molecular weight excluding hydrogens is 266 g/mol. The highest BCUT2D eigenvalue weighted by atomic mass is 16.2. The summed E-state index contributed by atoms with van der Waals surface area (Å²) in [6.45, 7) is 5.50. The van der Waals surface area contributed by atoms with Crippen molar-refractivity contribution in [3.8, 4) is 0 Å². The minimum Gasteiger partial charge on any atom is -0.341 e. The number of para-hydroxylation sites is 1. The van der Waals surface area contributed by atoms with Crippen molar-refractivity contribution in [3.05, 3.63) is 40.9 Å². The van der Waals surface area contributed by atoms with E-state index in [2.05, 4.69) is 11.9 Å². The van der Waals surface area contributed by atoms with Crippen LogP contribution in [-0.4, -0.2) is 33.4 Å². The molecule has 0 atom stereocenters. The molecule has 0 saturated carbocycles. The van der Waals surface area contributed by atoms with E-state index in [4.69, 9.17) is 0 Å². The lowest BCUT2D eigenvalue weighted by Crippen LogP contribution is -2.37. The van der Waals surface area contributed by atoms with E-state index in [0.29, 0.717) is 17.4 Å². The van der Waals surface area contributed by atoms with E-state index in [1.807, 2.05) is 13.0 Å². The lowest BCUT2D eigenvalue weighted by Gasteiger charge is -2.21. The first-order valence-corrected chi connectivity index (χ1v) is 7.39. The van der Waals surface area contributed by atoms with Crippen molar-refractivity contribution in [2.24, 2.45) is 0 Å². The van der Waals surface area contributed by atoms with E-state index in [1.54, 1.807) is 23.1 Å². The van der Waals surface area contributed by atoms with E-state index in [1.165, 1.54) is 10.9 Å². The zero-order valence-electron chi connectivity index (χ0n) is 12.6. The first-order chi connectivity index (χ1) is 10.2. The van der Waals surface area contributed by atoms with Gasteiger partial charge < -0.3 is 4.90 Å². The van der Waals surface area contributed by atoms with Crippen LogP contribution in [-0.2, 0) is 11.3 Å². The first-order valence-electron chi connectivity index (χ1n) is 7.39. The van der Waals surface area contributed by atoms with Gasteiger partial charge in [-0.25, -0.2) is 4.98 Å². The SMILES string of the molecule is CCCCN(CC)C(=O)Cn1cnc2ccccc2c1=O. The van der Waals surface area contributed by atoms with Gasteiger partial charge in [0.15, 0.2) is 0 Å². The summed E-state index contributed by atoms with van der Waals surface area (Å²) in [5.74, 6) is -0.0369. The Labute approximate surface area is 124 Å². The number of hydrogen-bond donors (Lipinski definition) is 0. The lowest BCUT2D eigenvalue weighted by atomic mass is 10.2. The van der Waals surface area contributed by atoms with Crippen molar-refractivity contribution >= 4 is 16.8 Å². The number of aromatic nitrogens is 2. The van der Waals surface area contributed by atoms with E-state index < -0.39 is 0 Å². The van der Waals surface area contributed by atoms with Gasteiger partial charge in [0.25, 0.3) is 5.56 Å². The van der Waals surface area contributed by atoms with Gasteiger partial charge in [-0.15, -0.1) is 0 Å². The Hall–Kier alpha value is -2.17. The summed E-state index contributed by atoms with van der Waals surface area (Å²) in [5, 5.41) is 0.546. The molecule has 1 aromatic heterocycles. The Morgan fingerprint density at radius 1 is 1.29 bits per heavy atom. The lowest BCUT2D eigenvalue weighted by molar-refractivity contribution is -0.131. The van der Waals surface area contributed by atoms with Crippen LogP contribution in [0.3, 0.4) is 0 Å². The monoisotopic (exact) mass is 287 g/mol. The highest BCUT2D eigenvalue weighted by molar-refractivity contribution is 5.78. The number of amides is 1. The molecule has 1 amide bonds. The third kappa shape index (κ3) is 3.48. The summed E-state index contributed by atoms with van der Waals surface area (Å²) in [7, 11) is 0. The second kappa shape index (κ2) is 7.02. The van der Waals surface area contributed by atoms with Gasteiger partial charge in [0.2, 0.25) is 5.91 Å². The molecule has 0 radical (unpaired) electrons. The van der Waals surface area contributed by atoms with Crippen LogP contribution in [0.25, 0.3) is 10.9 Å². The van der Waals surface area contributed by atoms with Gasteiger partial charge in [0.05, 0.1) is 17.2 Å². The predicted molar refractivity (Wildman–Crippen MR) is 83.2 cm³/mol. The van der Waals surface area contributed by atoms with Crippen LogP contribution in [0, 0.1) is 0 Å². The minimum atomic E-state index is -0.166. The molecule has 112 valence electrons. The Morgan fingerprint density at radius 2 is 2.05 bits per heavy atom. The number of likely N-dealkylation sites (N-methyl/N-ethyl adjacent to an activating group) is 1. The Morgan fingerprint density at radius 3 is 2.76 bits per heavy atom. The molecule has 1 aromatic carbocycles. The second-order valence-corrected chi connectivity index (χ2v) is 5.02. The molecule has 0 N–H and O–H groups in total. The Bertz CT molecular complexity index is 679. The maximum absolute atomic E-state index is 12.3. The van der Waals surface area contributed by atoms with Crippen molar-refractivity contribution in [2.75, 3.05) is 13.1 Å². The fourth-order valence-corrected chi connectivity index (χ4v) is 2.27. The van der Waals surface area contributed by atoms with Crippen molar-refractivity contribution in [1.82, 2.24) is 14.5 Å². The molecule has 0 fully saturated rings. The molecule has 2 rings (SSSR count). The Kier molecular flexibility index (Phi) is 5.09. The van der Waals surface area contributed by atoms with Crippen LogP contribution in [0.5, 0.6) is 0 Å². The fraction of sp³-hybridized carbons (Fsp3) is 0.438. The molecule has 0 saturated heterocycles. The van der Waals surface area contributed by atoms with Gasteiger partial charge in [0.1, 0.15) is 6.54 Å². The smallest absolute Gasteiger partial charge is 0.261 e. The van der Waals surface area contributed by atoms with Crippen LogP contribution >= 0.6 is 0 Å². The largest absolute Gasteiger partial charge is 0.341 e. The average Bonchev–Trinajstić information content (AvgIpc) is 2.51. The maximum atomic E-state index is 12.3. The third-order valence-corrected chi connectivity index (χ3v) is 3.55. The van der Waals surface area contributed by atoms with E-state index in [-0.39, 0.29) is 18.0 Å². The summed E-state index contributed by atoms with van der Waals surface area (Å²) >= 11 is 0. The van der Waals surface area contributed by atoms with E-state index in [0.717, 1.165) is 19.4 Å².